The van der Waals surface area contributed by atoms with Gasteiger partial charge in [0.15, 0.2) is 0 Å². The second kappa shape index (κ2) is 8.68. The molecule has 0 bridgehead atoms. The van der Waals surface area contributed by atoms with Crippen LogP contribution in [0.1, 0.15) is 37.7 Å². The van der Waals surface area contributed by atoms with Gasteiger partial charge < -0.3 is 10.1 Å². The fraction of sp³-hybridized carbons (Fsp3) is 0.526. The SMILES string of the molecule is O=C(/C=C/c1cccc(OC2CCCC2)c1)NCCN1CCCS1(=O)=O. The van der Waals surface area contributed by atoms with Gasteiger partial charge in [-0.1, -0.05) is 12.1 Å². The van der Waals surface area contributed by atoms with Crippen molar-refractivity contribution in [2.24, 2.45) is 0 Å². The molecule has 2 aliphatic rings. The Morgan fingerprint density at radius 1 is 1.27 bits per heavy atom. The van der Waals surface area contributed by atoms with E-state index in [4.69, 9.17) is 4.74 Å². The van der Waals surface area contributed by atoms with Crippen molar-refractivity contribution < 1.29 is 17.9 Å². The second-order valence-corrected chi connectivity index (χ2v) is 8.88. The molecular weight excluding hydrogens is 352 g/mol. The third kappa shape index (κ3) is 5.32. The highest BCUT2D eigenvalue weighted by atomic mass is 32.2. The summed E-state index contributed by atoms with van der Waals surface area (Å²) in [5.41, 5.74) is 0.901. The highest BCUT2D eigenvalue weighted by Crippen LogP contribution is 2.24. The highest BCUT2D eigenvalue weighted by molar-refractivity contribution is 7.89. The molecule has 0 atom stereocenters. The zero-order valence-electron chi connectivity index (χ0n) is 14.9. The summed E-state index contributed by atoms with van der Waals surface area (Å²) < 4.78 is 30.8. The summed E-state index contributed by atoms with van der Waals surface area (Å²) in [6, 6.07) is 7.70. The van der Waals surface area contributed by atoms with Gasteiger partial charge in [0.25, 0.3) is 0 Å². The molecule has 1 aliphatic carbocycles. The molecule has 1 amide bonds. The first-order valence-corrected chi connectivity index (χ1v) is 10.8. The Morgan fingerprint density at radius 3 is 2.81 bits per heavy atom. The summed E-state index contributed by atoms with van der Waals surface area (Å²) in [6.45, 7) is 1.18. The van der Waals surface area contributed by atoms with Gasteiger partial charge >= 0.3 is 0 Å². The van der Waals surface area contributed by atoms with Gasteiger partial charge in [0.1, 0.15) is 5.75 Å². The maximum Gasteiger partial charge on any atom is 0.244 e. The van der Waals surface area contributed by atoms with Crippen molar-refractivity contribution in [2.45, 2.75) is 38.2 Å². The zero-order valence-corrected chi connectivity index (χ0v) is 15.7. The molecule has 1 aromatic rings. The molecule has 1 aliphatic heterocycles. The molecule has 26 heavy (non-hydrogen) atoms. The molecule has 2 fully saturated rings. The number of carbonyl (C=O) groups excluding carboxylic acids is 1. The van der Waals surface area contributed by atoms with Crippen molar-refractivity contribution in [3.8, 4) is 5.75 Å². The van der Waals surface area contributed by atoms with E-state index in [1.54, 1.807) is 6.08 Å². The number of ether oxygens (including phenoxy) is 1. The molecule has 0 aromatic heterocycles. The normalized spacial score (nSPS) is 20.6. The molecule has 1 heterocycles. The average Bonchev–Trinajstić information content (AvgIpc) is 3.23. The number of sulfonamides is 1. The lowest BCUT2D eigenvalue weighted by molar-refractivity contribution is -0.116. The van der Waals surface area contributed by atoms with E-state index < -0.39 is 10.0 Å². The lowest BCUT2D eigenvalue weighted by Crippen LogP contribution is -2.35. The zero-order chi connectivity index (χ0) is 18.4. The fourth-order valence-corrected chi connectivity index (χ4v) is 4.90. The summed E-state index contributed by atoms with van der Waals surface area (Å²) in [7, 11) is -3.11. The first-order valence-electron chi connectivity index (χ1n) is 9.23. The van der Waals surface area contributed by atoms with Crippen molar-refractivity contribution in [2.75, 3.05) is 25.4 Å². The third-order valence-corrected chi connectivity index (χ3v) is 6.71. The molecular formula is C19H26N2O4S. The Bertz CT molecular complexity index is 755. The van der Waals surface area contributed by atoms with Gasteiger partial charge in [0.05, 0.1) is 11.9 Å². The van der Waals surface area contributed by atoms with Gasteiger partial charge in [0, 0.05) is 25.7 Å². The van der Waals surface area contributed by atoms with Crippen LogP contribution in [0.4, 0.5) is 0 Å². The molecule has 1 N–H and O–H groups in total. The van der Waals surface area contributed by atoms with Crippen LogP contribution in [0.25, 0.3) is 6.08 Å². The summed E-state index contributed by atoms with van der Waals surface area (Å²) in [4.78, 5) is 11.9. The molecule has 142 valence electrons. The van der Waals surface area contributed by atoms with E-state index in [-0.39, 0.29) is 11.7 Å². The van der Waals surface area contributed by atoms with Crippen LogP contribution in [-0.2, 0) is 14.8 Å². The van der Waals surface area contributed by atoms with E-state index in [2.05, 4.69) is 5.32 Å². The van der Waals surface area contributed by atoms with Crippen molar-refractivity contribution in [1.82, 2.24) is 9.62 Å². The van der Waals surface area contributed by atoms with Crippen LogP contribution in [-0.4, -0.2) is 50.1 Å². The second-order valence-electron chi connectivity index (χ2n) is 6.79. The lowest BCUT2D eigenvalue weighted by Gasteiger charge is -2.14. The number of rotatable bonds is 7. The standard InChI is InChI=1S/C19H26N2O4S/c22-19(20-11-13-21-12-4-14-26(21,23)24)10-9-16-5-3-8-18(15-16)25-17-6-1-2-7-17/h3,5,8-10,15,17H,1-2,4,6-7,11-14H2,(H,20,22)/b10-9+. The van der Waals surface area contributed by atoms with Crippen molar-refractivity contribution >= 4 is 22.0 Å². The smallest absolute Gasteiger partial charge is 0.244 e. The van der Waals surface area contributed by atoms with E-state index >= 15 is 0 Å². The molecule has 1 saturated heterocycles. The molecule has 0 radical (unpaired) electrons. The predicted molar refractivity (Wildman–Crippen MR) is 101 cm³/mol. The number of benzene rings is 1. The summed E-state index contributed by atoms with van der Waals surface area (Å²) >= 11 is 0. The molecule has 6 nitrogen and oxygen atoms in total. The Morgan fingerprint density at radius 2 is 2.08 bits per heavy atom. The Hall–Kier alpha value is -1.86. The molecule has 0 unspecified atom stereocenters. The van der Waals surface area contributed by atoms with Gasteiger partial charge in [0.2, 0.25) is 15.9 Å². The summed E-state index contributed by atoms with van der Waals surface area (Å²) in [5, 5.41) is 2.73. The predicted octanol–water partition coefficient (Wildman–Crippen LogP) is 2.17. The first-order chi connectivity index (χ1) is 12.5. The average molecular weight is 378 g/mol. The molecule has 7 heteroatoms. The van der Waals surface area contributed by atoms with Crippen LogP contribution in [0.15, 0.2) is 30.3 Å². The Balaban J connectivity index is 1.45. The van der Waals surface area contributed by atoms with Crippen LogP contribution in [0.3, 0.4) is 0 Å². The van der Waals surface area contributed by atoms with Crippen molar-refractivity contribution in [1.29, 1.82) is 0 Å². The fourth-order valence-electron chi connectivity index (χ4n) is 3.37. The van der Waals surface area contributed by atoms with E-state index in [0.29, 0.717) is 32.2 Å². The first kappa shape index (κ1) is 18.9. The number of amides is 1. The van der Waals surface area contributed by atoms with E-state index in [9.17, 15) is 13.2 Å². The monoisotopic (exact) mass is 378 g/mol. The van der Waals surface area contributed by atoms with Crippen LogP contribution in [0, 0.1) is 0 Å². The minimum atomic E-state index is -3.11. The topological polar surface area (TPSA) is 75.7 Å². The number of nitrogens with zero attached hydrogens (tertiary/aromatic N) is 1. The quantitative estimate of drug-likeness (QED) is 0.738. The molecule has 0 spiro atoms. The highest BCUT2D eigenvalue weighted by Gasteiger charge is 2.27. The number of nitrogens with one attached hydrogen (secondary N) is 1. The molecule has 1 saturated carbocycles. The third-order valence-electron chi connectivity index (χ3n) is 4.75. The van der Waals surface area contributed by atoms with E-state index in [0.717, 1.165) is 24.2 Å². The van der Waals surface area contributed by atoms with E-state index in [1.807, 2.05) is 24.3 Å². The van der Waals surface area contributed by atoms with Gasteiger partial charge in [-0.05, 0) is 55.9 Å². The number of carbonyl (C=O) groups is 1. The van der Waals surface area contributed by atoms with E-state index in [1.165, 1.54) is 23.2 Å². The minimum Gasteiger partial charge on any atom is -0.490 e. The Labute approximate surface area is 155 Å². The molecule has 3 rings (SSSR count). The van der Waals surface area contributed by atoms with Crippen molar-refractivity contribution in [3.05, 3.63) is 35.9 Å². The van der Waals surface area contributed by atoms with Crippen LogP contribution in [0.2, 0.25) is 0 Å². The van der Waals surface area contributed by atoms with Crippen LogP contribution < -0.4 is 10.1 Å². The summed E-state index contributed by atoms with van der Waals surface area (Å²) in [6.07, 6.45) is 8.84. The van der Waals surface area contributed by atoms with Gasteiger partial charge in [-0.25, -0.2) is 12.7 Å². The lowest BCUT2D eigenvalue weighted by atomic mass is 10.2. The van der Waals surface area contributed by atoms with Crippen LogP contribution in [0.5, 0.6) is 5.75 Å². The number of hydrogen-bond acceptors (Lipinski definition) is 4. The summed E-state index contributed by atoms with van der Waals surface area (Å²) in [5.74, 6) is 0.808. The largest absolute Gasteiger partial charge is 0.490 e. The van der Waals surface area contributed by atoms with Gasteiger partial charge in [-0.2, -0.15) is 0 Å². The van der Waals surface area contributed by atoms with Crippen molar-refractivity contribution in [3.63, 3.8) is 0 Å². The number of hydrogen-bond donors (Lipinski definition) is 1. The Kier molecular flexibility index (Phi) is 6.32. The van der Waals surface area contributed by atoms with Crippen LogP contribution >= 0.6 is 0 Å². The molecule has 1 aromatic carbocycles. The van der Waals surface area contributed by atoms with Gasteiger partial charge in [-0.15, -0.1) is 0 Å². The maximum absolute atomic E-state index is 11.9. The minimum absolute atomic E-state index is 0.208. The van der Waals surface area contributed by atoms with Gasteiger partial charge in [-0.3, -0.25) is 4.79 Å². The maximum atomic E-state index is 11.9.